The predicted octanol–water partition coefficient (Wildman–Crippen LogP) is 1.29. The summed E-state index contributed by atoms with van der Waals surface area (Å²) in [6.07, 6.45) is 27.4. The Bertz CT molecular complexity index is 4940. The number of rotatable bonds is 24. The summed E-state index contributed by atoms with van der Waals surface area (Å²) in [6.45, 7) is 45.2. The number of guanidine groups is 1. The number of fused-ring (bicyclic) bond motifs is 1. The minimum Gasteiger partial charge on any atom is -0.388 e. The first-order chi connectivity index (χ1) is 60.4. The zero-order valence-electron chi connectivity index (χ0n) is 78.1. The van der Waals surface area contributed by atoms with Crippen LogP contribution in [0.4, 0.5) is 0 Å². The molecule has 0 aliphatic carbocycles. The molecule has 0 spiro atoms. The first kappa shape index (κ1) is 110. The van der Waals surface area contributed by atoms with E-state index in [1.807, 2.05) is 26.1 Å². The molecule has 44 heteroatoms. The maximum absolute atomic E-state index is 10.4. The summed E-state index contributed by atoms with van der Waals surface area (Å²) in [7, 11) is 0. The lowest BCUT2D eigenvalue weighted by Gasteiger charge is -2.31. The van der Waals surface area contributed by atoms with Gasteiger partial charge in [-0.15, -0.1) is 79.1 Å². The Morgan fingerprint density at radius 2 is 0.740 bits per heavy atom. The monoisotopic (exact) mass is 2060 g/mol. The van der Waals surface area contributed by atoms with Crippen molar-refractivity contribution < 1.29 is 89.7 Å². The van der Waals surface area contributed by atoms with Crippen LogP contribution in [0, 0.1) is 6.92 Å². The van der Waals surface area contributed by atoms with Crippen LogP contribution < -0.4 is 44.7 Å². The Labute approximate surface area is 785 Å². The number of nitrogens with two attached hydrogens (primary N) is 5. The lowest BCUT2D eigenvalue weighted by atomic mass is 9.99. The number of hydrogen-bond acceptors (Lipinski definition) is 36. The predicted molar refractivity (Wildman–Crippen MR) is 554 cm³/mol. The summed E-state index contributed by atoms with van der Waals surface area (Å²) < 4.78 is 35.9. The van der Waals surface area contributed by atoms with E-state index < -0.39 is 188 Å². The zero-order chi connectivity index (χ0) is 98.3. The molecule has 0 aromatic carbocycles. The standard InChI is InChI=1S/C17H26N3O3P.C15H26N3O3P.C14H23IN3O3P.2C14H24N3O3P.C13H23N4O3P/c1-10-8-12-9-20(11(2)19-16(12)18-10)17-15(22)14(21)13(23-17)6-7-24(3,4)5;1-9-8-18(10(2)17-14(9)16)15-13(20)12(19)11(21-15)6-7-22(3,4)5;1-8-17-13(16)9(15)7-18(8)14-12(20)11(19)10(21-14)5-6-22(2,3)4;1-9-16-11(15)5-7-17(9)14-13(19)12(18)10(20-14)6-8-21(2,3)4;1-8-9(7-16-14(15)17-8)13-12(19)11(18)10(20-13)5-6-21(2,3)4;1-8-16-10(14)7-15-17(8)13-12(19)11(18)9(20-13)5-6-21(2,3)4/h8-9,13-15,17,21-22H,2-3,6-7H2,1,4-5H3,(H,18,19);8,11-13,15,19-20H,2-3,6-7H2,1,4-5H3,(H2,16,17);7,10-12,14,19-20H,1-2,5-6H2,3-4H3,(H2,16,17);5,7,10,12-14,18-19H,1-2,6,8H2,3-4H3,(H2,15,16);7,10-13,18-19H,1-2,5-6H2,3-4H3,(H3,15,16,17);7,9,11-13,18-19H,1-2,5-6H2,3-4H3,(H2,14,16)/t13-,14-,15-,17?;11-,12-,13-,15?;10-,11-,12-,14?;10-,12-,13-,14?;10-,11-,12-,13?;9-,11-,12-,13?/m111111/s1. The fourth-order valence-electron chi connectivity index (χ4n) is 15.1. The van der Waals surface area contributed by atoms with E-state index in [0.717, 1.165) is 62.5 Å². The Balaban J connectivity index is 0.000000194. The zero-order valence-corrected chi connectivity index (χ0v) is 85.6. The number of aliphatic hydroxyl groups excluding tert-OH is 12. The molecule has 13 heterocycles. The number of hydrogen-bond donors (Lipinski definition) is 19. The van der Waals surface area contributed by atoms with Crippen molar-refractivity contribution in [1.82, 2.24) is 34.9 Å². The van der Waals surface area contributed by atoms with Crippen LogP contribution in [0.25, 0.3) is 6.20 Å². The fourth-order valence-corrected chi connectivity index (χ4v) is 21.3. The number of aliphatic imine (C=N–C) groups is 5. The van der Waals surface area contributed by atoms with E-state index in [9.17, 15) is 61.3 Å². The maximum Gasteiger partial charge on any atom is 0.197 e. The van der Waals surface area contributed by atoms with Crippen LogP contribution >= 0.6 is 63.9 Å². The topological polar surface area (TPSA) is 559 Å². The number of nitrogens with one attached hydrogen (secondary N) is 2. The fraction of sp³-hybridized carbons (Fsp3) is 0.575. The highest BCUT2D eigenvalue weighted by molar-refractivity contribution is 14.1. The van der Waals surface area contributed by atoms with Crippen LogP contribution in [0.5, 0.6) is 0 Å². The molecule has 1 aromatic heterocycles. The molecule has 0 amide bonds. The van der Waals surface area contributed by atoms with Crippen molar-refractivity contribution in [1.29, 1.82) is 0 Å². The number of hydrazone groups is 1. The number of aliphatic hydroxyl groups is 12. The number of amidine groups is 4. The van der Waals surface area contributed by atoms with Gasteiger partial charge in [0.1, 0.15) is 137 Å². The molecular weight excluding hydrogens is 1910 g/mol. The van der Waals surface area contributed by atoms with Crippen LogP contribution in [-0.4, -0.2) is 428 Å². The van der Waals surface area contributed by atoms with E-state index in [0.29, 0.717) is 90.6 Å². The molecule has 24 N–H and O–H groups in total. The SMILES string of the molecule is C=C1N=C(N)C(C)=CN1C1O[C@H](CCP(=C)(C)C)[C@@H](O)[C@H]1O.C=C1N=C(N)C(I)=CN1C1O[C@H](CCP(=C)(C)C)[C@@H](O)[C@H]1O.C=C1N=C(N)C=CN1C1O[C@H](CCP(=C)(C)C)[C@@H](O)[C@H]1O.C=C1N=C(N)C=NN1C1O[C@H](CCP(=C)(C)C)[C@@H](O)[C@H]1O.C=C1N=c2[nH]c(C)cc2=CN1C1O[C@H](CCP(=C)(C)C)[C@@H](O)[C@H]1O.C=C1NC(N)=NC=C1C1O[C@H](CCP(=C)(C)C)[C@@H](O)[C@H]1O. The first-order valence-corrected chi connectivity index (χ1v) is 62.2. The van der Waals surface area contributed by atoms with Crippen molar-refractivity contribution in [3.8, 4) is 0 Å². The molecule has 13 rings (SSSR count). The van der Waals surface area contributed by atoms with Crippen LogP contribution in [0.15, 0.2) is 161 Å². The van der Waals surface area contributed by atoms with Gasteiger partial charge in [0, 0.05) is 58.8 Å². The molecule has 24 atom stereocenters. The third kappa shape index (κ3) is 30.7. The van der Waals surface area contributed by atoms with Gasteiger partial charge < -0.3 is 148 Å². The lowest BCUT2D eigenvalue weighted by Crippen LogP contribution is -2.44. The molecule has 12 aliphatic rings. The van der Waals surface area contributed by atoms with Crippen molar-refractivity contribution in [3.63, 3.8) is 0 Å². The van der Waals surface area contributed by atoms with Crippen LogP contribution in [-0.2, 0) is 28.4 Å². The second kappa shape index (κ2) is 45.5. The second-order valence-corrected chi connectivity index (χ2v) is 65.7. The van der Waals surface area contributed by atoms with E-state index in [4.69, 9.17) is 57.1 Å². The molecule has 37 nitrogen and oxygen atoms in total. The van der Waals surface area contributed by atoms with Gasteiger partial charge in [-0.2, -0.15) is 5.10 Å². The molecule has 12 aliphatic heterocycles. The molecule has 0 saturated carbocycles. The lowest BCUT2D eigenvalue weighted by molar-refractivity contribution is -0.0749. The van der Waals surface area contributed by atoms with Crippen molar-refractivity contribution in [2.75, 3.05) is 117 Å². The number of H-pyrrole nitrogens is 1. The number of nitrogens with zero attached hydrogens (tertiary/aromatic N) is 12. The van der Waals surface area contributed by atoms with Crippen molar-refractivity contribution >= 4 is 143 Å². The number of aryl methyl sites for hydroxylation is 1. The molecule has 0 bridgehead atoms. The Morgan fingerprint density at radius 1 is 0.405 bits per heavy atom. The highest BCUT2D eigenvalue weighted by Gasteiger charge is 2.52. The normalized spacial score (nSPS) is 32.6. The van der Waals surface area contributed by atoms with Crippen molar-refractivity contribution in [2.45, 2.75) is 199 Å². The van der Waals surface area contributed by atoms with Gasteiger partial charge in [0.15, 0.2) is 37.1 Å². The van der Waals surface area contributed by atoms with Gasteiger partial charge in [0.05, 0.1) is 46.4 Å². The van der Waals surface area contributed by atoms with E-state index in [1.165, 1.54) is 17.4 Å². The smallest absolute Gasteiger partial charge is 0.197 e. The third-order valence-corrected chi connectivity index (χ3v) is 32.3. The molecule has 6 unspecified atom stereocenters. The van der Waals surface area contributed by atoms with Gasteiger partial charge in [0.2, 0.25) is 0 Å². The first-order valence-electron chi connectivity index (χ1n) is 42.8. The molecule has 6 saturated heterocycles. The van der Waals surface area contributed by atoms with E-state index in [-0.39, 0.29) is 17.6 Å². The molecule has 0 radical (unpaired) electrons. The number of aromatic nitrogens is 1. The highest BCUT2D eigenvalue weighted by Crippen LogP contribution is 2.46. The summed E-state index contributed by atoms with van der Waals surface area (Å²) in [5.41, 5.74) is 31.8. The maximum atomic E-state index is 10.4. The molecule has 131 heavy (non-hydrogen) atoms. The summed E-state index contributed by atoms with van der Waals surface area (Å²) in [5, 5.41) is 132. The molecule has 6 fully saturated rings. The van der Waals surface area contributed by atoms with Gasteiger partial charge in [0.25, 0.3) is 0 Å². The summed E-state index contributed by atoms with van der Waals surface area (Å²) >= 11 is 2.06. The quantitative estimate of drug-likeness (QED) is 0.0512. The second-order valence-electron chi connectivity index (χ2n) is 38.7. The van der Waals surface area contributed by atoms with Gasteiger partial charge >= 0.3 is 0 Å². The van der Waals surface area contributed by atoms with Crippen LogP contribution in [0.2, 0.25) is 0 Å². The highest BCUT2D eigenvalue weighted by atomic mass is 127. The Morgan fingerprint density at radius 3 is 1.13 bits per heavy atom. The Kier molecular flexibility index (Phi) is 38.3. The molecular formula is C87H146IN19O18P6. The van der Waals surface area contributed by atoms with Gasteiger partial charge in [-0.05, 0) is 204 Å². The Hall–Kier alpha value is -6.02. The average Bonchev–Trinajstić information content (AvgIpc) is 1.72. The van der Waals surface area contributed by atoms with Gasteiger partial charge in [-0.3, -0.25) is 0 Å². The average molecular weight is 2060 g/mol. The molecule has 734 valence electrons. The minimum absolute atomic E-state index is 0.240. The van der Waals surface area contributed by atoms with E-state index in [2.05, 4.69) is 225 Å². The number of ether oxygens (including phenoxy) is 6. The van der Waals surface area contributed by atoms with Crippen LogP contribution in [0.3, 0.4) is 0 Å². The van der Waals surface area contributed by atoms with E-state index >= 15 is 0 Å². The summed E-state index contributed by atoms with van der Waals surface area (Å²) in [5.74, 6) is 3.54. The summed E-state index contributed by atoms with van der Waals surface area (Å²) in [6, 6.07) is 1.98. The van der Waals surface area contributed by atoms with Crippen LogP contribution in [0.1, 0.15) is 51.1 Å². The van der Waals surface area contributed by atoms with Crippen molar-refractivity contribution in [2.24, 2.45) is 63.7 Å². The van der Waals surface area contributed by atoms with Gasteiger partial charge in [-0.25, -0.2) is 35.0 Å². The number of halogens is 1. The van der Waals surface area contributed by atoms with Crippen molar-refractivity contribution in [3.05, 3.63) is 142 Å². The minimum atomic E-state index is -1.21. The summed E-state index contributed by atoms with van der Waals surface area (Å²) in [4.78, 5) is 34.4. The third-order valence-electron chi connectivity index (χ3n) is 22.7. The van der Waals surface area contributed by atoms with Gasteiger partial charge in [-0.1, -0.05) is 39.5 Å². The van der Waals surface area contributed by atoms with E-state index in [1.54, 1.807) is 44.3 Å². The molecule has 1 aromatic rings. The number of aromatic amines is 1. The largest absolute Gasteiger partial charge is 0.388 e.